The van der Waals surface area contributed by atoms with Gasteiger partial charge >= 0.3 is 0 Å². The number of hydrogen-bond acceptors (Lipinski definition) is 4. The van der Waals surface area contributed by atoms with Gasteiger partial charge in [-0.05, 0) is 29.8 Å². The van der Waals surface area contributed by atoms with Crippen molar-refractivity contribution in [2.24, 2.45) is 0 Å². The van der Waals surface area contributed by atoms with Crippen LogP contribution in [0.5, 0.6) is 5.75 Å². The molecule has 0 radical (unpaired) electrons. The lowest BCUT2D eigenvalue weighted by Gasteiger charge is -2.07. The molecule has 0 saturated heterocycles. The van der Waals surface area contributed by atoms with Crippen LogP contribution in [-0.4, -0.2) is 37.8 Å². The molecule has 2 rings (SSSR count). The van der Waals surface area contributed by atoms with Crippen LogP contribution in [0.25, 0.3) is 0 Å². The van der Waals surface area contributed by atoms with E-state index < -0.39 is 0 Å². The van der Waals surface area contributed by atoms with Gasteiger partial charge in [0.15, 0.2) is 5.78 Å². The summed E-state index contributed by atoms with van der Waals surface area (Å²) in [4.78, 5) is 26.0. The Bertz CT molecular complexity index is 765. The Labute approximate surface area is 147 Å². The van der Waals surface area contributed by atoms with Crippen molar-refractivity contribution in [2.75, 3.05) is 21.2 Å². The van der Waals surface area contributed by atoms with Gasteiger partial charge in [0.25, 0.3) is 5.91 Å². The first-order chi connectivity index (χ1) is 12.0. The Balaban J connectivity index is 1.97. The Morgan fingerprint density at radius 2 is 1.76 bits per heavy atom. The largest absolute Gasteiger partial charge is 0.497 e. The number of ether oxygens (including phenoxy) is 1. The summed E-state index contributed by atoms with van der Waals surface area (Å²) in [5, 5.41) is 2.86. The number of methoxy groups -OCH3 is 1. The maximum atomic E-state index is 12.2. The molecule has 0 aliphatic rings. The first kappa shape index (κ1) is 18.3. The van der Waals surface area contributed by atoms with Crippen molar-refractivity contribution in [3.63, 3.8) is 0 Å². The van der Waals surface area contributed by atoms with Crippen LogP contribution in [-0.2, 0) is 6.54 Å². The first-order valence-corrected chi connectivity index (χ1v) is 7.90. The van der Waals surface area contributed by atoms with Crippen LogP contribution < -0.4 is 10.1 Å². The highest BCUT2D eigenvalue weighted by Gasteiger charge is 2.08. The molecule has 1 amide bonds. The number of hydrogen-bond donors (Lipinski definition) is 1. The number of ketones is 1. The summed E-state index contributed by atoms with van der Waals surface area (Å²) in [6, 6.07) is 14.1. The summed E-state index contributed by atoms with van der Waals surface area (Å²) in [5.74, 6) is 0.461. The molecule has 0 fully saturated rings. The average Bonchev–Trinajstić information content (AvgIpc) is 2.64. The lowest BCUT2D eigenvalue weighted by molar-refractivity contribution is 0.0949. The minimum Gasteiger partial charge on any atom is -0.497 e. The van der Waals surface area contributed by atoms with Crippen molar-refractivity contribution in [3.05, 3.63) is 77.5 Å². The van der Waals surface area contributed by atoms with Gasteiger partial charge in [-0.15, -0.1) is 0 Å². The Hall–Kier alpha value is -3.08. The standard InChI is InChI=1S/C20H22N2O3/c1-22(2)12-11-19(23)16-7-9-17(10-8-16)20(24)21-14-15-5-4-6-18(13-15)25-3/h4-13H,14H2,1-3H3,(H,21,24). The summed E-state index contributed by atoms with van der Waals surface area (Å²) in [7, 11) is 5.30. The Morgan fingerprint density at radius 1 is 1.08 bits per heavy atom. The van der Waals surface area contributed by atoms with Gasteiger partial charge in [0.1, 0.15) is 5.75 Å². The summed E-state index contributed by atoms with van der Waals surface area (Å²) in [6.45, 7) is 0.405. The fourth-order valence-corrected chi connectivity index (χ4v) is 2.17. The topological polar surface area (TPSA) is 58.6 Å². The number of nitrogens with one attached hydrogen (secondary N) is 1. The molecule has 0 saturated carbocycles. The van der Waals surface area contributed by atoms with Crippen LogP contribution in [0.4, 0.5) is 0 Å². The van der Waals surface area contributed by atoms with Gasteiger partial charge in [-0.25, -0.2) is 0 Å². The maximum absolute atomic E-state index is 12.2. The van der Waals surface area contributed by atoms with Gasteiger partial charge in [0.2, 0.25) is 0 Å². The maximum Gasteiger partial charge on any atom is 0.251 e. The average molecular weight is 338 g/mol. The van der Waals surface area contributed by atoms with E-state index in [1.807, 2.05) is 38.4 Å². The van der Waals surface area contributed by atoms with Crippen molar-refractivity contribution >= 4 is 11.7 Å². The highest BCUT2D eigenvalue weighted by atomic mass is 16.5. The van der Waals surface area contributed by atoms with E-state index in [1.165, 1.54) is 6.08 Å². The number of carbonyl (C=O) groups is 2. The molecular formula is C20H22N2O3. The van der Waals surface area contributed by atoms with Crippen LogP contribution >= 0.6 is 0 Å². The van der Waals surface area contributed by atoms with E-state index in [2.05, 4.69) is 5.32 Å². The quantitative estimate of drug-likeness (QED) is 0.623. The highest BCUT2D eigenvalue weighted by Crippen LogP contribution is 2.12. The third-order valence-electron chi connectivity index (χ3n) is 3.54. The van der Waals surface area contributed by atoms with Crippen molar-refractivity contribution < 1.29 is 14.3 Å². The fraction of sp³-hybridized carbons (Fsp3) is 0.200. The normalized spacial score (nSPS) is 10.5. The van der Waals surface area contributed by atoms with Gasteiger partial charge < -0.3 is 15.0 Å². The minimum atomic E-state index is -0.189. The van der Waals surface area contributed by atoms with Crippen LogP contribution in [0.2, 0.25) is 0 Å². The van der Waals surface area contributed by atoms with Crippen LogP contribution in [0.15, 0.2) is 60.8 Å². The third kappa shape index (κ3) is 5.49. The van der Waals surface area contributed by atoms with Crippen molar-refractivity contribution in [2.45, 2.75) is 6.54 Å². The second-order valence-electron chi connectivity index (χ2n) is 5.76. The molecule has 0 unspecified atom stereocenters. The number of amides is 1. The van der Waals surface area contributed by atoms with E-state index in [0.717, 1.165) is 11.3 Å². The van der Waals surface area contributed by atoms with E-state index in [0.29, 0.717) is 17.7 Å². The Kier molecular flexibility index (Phi) is 6.34. The summed E-state index contributed by atoms with van der Waals surface area (Å²) in [6.07, 6.45) is 3.19. The van der Waals surface area contributed by atoms with E-state index in [4.69, 9.17) is 4.74 Å². The SMILES string of the molecule is COc1cccc(CNC(=O)c2ccc(C(=O)C=CN(C)C)cc2)c1. The van der Waals surface area contributed by atoms with Gasteiger partial charge in [0, 0.05) is 44.0 Å². The molecular weight excluding hydrogens is 316 g/mol. The zero-order chi connectivity index (χ0) is 18.2. The summed E-state index contributed by atoms with van der Waals surface area (Å²) in [5.41, 5.74) is 2.01. The summed E-state index contributed by atoms with van der Waals surface area (Å²) >= 11 is 0. The molecule has 130 valence electrons. The van der Waals surface area contributed by atoms with Crippen LogP contribution in [0.3, 0.4) is 0 Å². The molecule has 0 heterocycles. The monoisotopic (exact) mass is 338 g/mol. The summed E-state index contributed by atoms with van der Waals surface area (Å²) < 4.78 is 5.16. The molecule has 0 atom stereocenters. The molecule has 5 heteroatoms. The predicted octanol–water partition coefficient (Wildman–Crippen LogP) is 2.88. The highest BCUT2D eigenvalue weighted by molar-refractivity contribution is 6.05. The number of carbonyl (C=O) groups excluding carboxylic acids is 2. The second-order valence-corrected chi connectivity index (χ2v) is 5.76. The smallest absolute Gasteiger partial charge is 0.251 e. The van der Waals surface area contributed by atoms with Crippen molar-refractivity contribution in [1.29, 1.82) is 0 Å². The number of benzene rings is 2. The van der Waals surface area contributed by atoms with Gasteiger partial charge in [-0.2, -0.15) is 0 Å². The van der Waals surface area contributed by atoms with Crippen molar-refractivity contribution in [3.8, 4) is 5.75 Å². The van der Waals surface area contributed by atoms with Crippen molar-refractivity contribution in [1.82, 2.24) is 10.2 Å². The fourth-order valence-electron chi connectivity index (χ4n) is 2.17. The van der Waals surface area contributed by atoms with Gasteiger partial charge in [-0.3, -0.25) is 9.59 Å². The molecule has 0 spiro atoms. The van der Waals surface area contributed by atoms with Crippen LogP contribution in [0.1, 0.15) is 26.3 Å². The molecule has 2 aromatic carbocycles. The minimum absolute atomic E-state index is 0.1000. The predicted molar refractivity (Wildman–Crippen MR) is 97.8 cm³/mol. The number of rotatable bonds is 7. The second kappa shape index (κ2) is 8.68. The number of nitrogens with zero attached hydrogens (tertiary/aromatic N) is 1. The number of allylic oxidation sites excluding steroid dienone is 1. The molecule has 0 aromatic heterocycles. The molecule has 25 heavy (non-hydrogen) atoms. The zero-order valence-corrected chi connectivity index (χ0v) is 14.7. The zero-order valence-electron chi connectivity index (χ0n) is 14.7. The molecule has 0 aliphatic heterocycles. The first-order valence-electron chi connectivity index (χ1n) is 7.90. The molecule has 0 aliphatic carbocycles. The van der Waals surface area contributed by atoms with E-state index in [1.54, 1.807) is 42.5 Å². The molecule has 1 N–H and O–H groups in total. The molecule has 2 aromatic rings. The van der Waals surface area contributed by atoms with Gasteiger partial charge in [0.05, 0.1) is 7.11 Å². The molecule has 5 nitrogen and oxygen atoms in total. The lowest BCUT2D eigenvalue weighted by atomic mass is 10.1. The van der Waals surface area contributed by atoms with Crippen LogP contribution in [0, 0.1) is 0 Å². The third-order valence-corrected chi connectivity index (χ3v) is 3.54. The van der Waals surface area contributed by atoms with E-state index in [9.17, 15) is 9.59 Å². The van der Waals surface area contributed by atoms with E-state index >= 15 is 0 Å². The lowest BCUT2D eigenvalue weighted by Crippen LogP contribution is -2.22. The molecule has 0 bridgehead atoms. The van der Waals surface area contributed by atoms with E-state index in [-0.39, 0.29) is 11.7 Å². The van der Waals surface area contributed by atoms with Gasteiger partial charge in [-0.1, -0.05) is 24.3 Å². The Morgan fingerprint density at radius 3 is 2.40 bits per heavy atom.